The van der Waals surface area contributed by atoms with Crippen LogP contribution in [0.3, 0.4) is 0 Å². The van der Waals surface area contributed by atoms with Crippen molar-refractivity contribution >= 4 is 5.97 Å². The van der Waals surface area contributed by atoms with Gasteiger partial charge in [0.25, 0.3) is 0 Å². The first kappa shape index (κ1) is 18.5. The quantitative estimate of drug-likeness (QED) is 0.564. The van der Waals surface area contributed by atoms with Crippen molar-refractivity contribution in [1.29, 1.82) is 0 Å². The Morgan fingerprint density at radius 3 is 1.74 bits per heavy atom. The molecule has 2 aromatic rings. The lowest BCUT2D eigenvalue weighted by Crippen LogP contribution is -2.32. The highest BCUT2D eigenvalue weighted by molar-refractivity contribution is 5.73. The van der Waals surface area contributed by atoms with Gasteiger partial charge >= 0.3 is 5.97 Å². The van der Waals surface area contributed by atoms with E-state index in [2.05, 4.69) is 0 Å². The van der Waals surface area contributed by atoms with Crippen molar-refractivity contribution in [2.45, 2.75) is 18.9 Å². The van der Waals surface area contributed by atoms with Gasteiger partial charge in [-0.1, -0.05) is 24.3 Å². The molecular weight excluding hydrogens is 296 g/mol. The maximum absolute atomic E-state index is 10.4. The lowest BCUT2D eigenvalue weighted by Gasteiger charge is -2.05. The van der Waals surface area contributed by atoms with Gasteiger partial charge in [-0.3, -0.25) is 4.79 Å². The molecule has 0 fully saturated rings. The van der Waals surface area contributed by atoms with E-state index in [-0.39, 0.29) is 12.2 Å². The predicted octanol–water partition coefficient (Wildman–Crippen LogP) is 1.24. The second-order valence-electron chi connectivity index (χ2n) is 5.02. The van der Waals surface area contributed by atoms with Crippen LogP contribution in [0, 0.1) is 0 Å². The van der Waals surface area contributed by atoms with E-state index in [4.69, 9.17) is 26.8 Å². The predicted molar refractivity (Wildman–Crippen MR) is 88.3 cm³/mol. The normalized spacial score (nSPS) is 11.2. The second-order valence-corrected chi connectivity index (χ2v) is 5.02. The molecule has 124 valence electrons. The maximum atomic E-state index is 10.4. The molecule has 0 unspecified atom stereocenters. The highest BCUT2D eigenvalue weighted by Gasteiger charge is 2.11. The zero-order valence-electron chi connectivity index (χ0n) is 12.7. The van der Waals surface area contributed by atoms with Gasteiger partial charge in [-0.2, -0.15) is 0 Å². The molecule has 0 aromatic heterocycles. The van der Waals surface area contributed by atoms with E-state index >= 15 is 0 Å². The molecule has 6 nitrogen and oxygen atoms in total. The van der Waals surface area contributed by atoms with Gasteiger partial charge in [-0.15, -0.1) is 0 Å². The lowest BCUT2D eigenvalue weighted by atomic mass is 10.1. The fourth-order valence-corrected chi connectivity index (χ4v) is 1.80. The fraction of sp³-hybridized carbons (Fsp3) is 0.235. The Morgan fingerprint density at radius 2 is 1.35 bits per heavy atom. The molecule has 1 atom stereocenters. The van der Waals surface area contributed by atoms with Crippen LogP contribution >= 0.6 is 0 Å². The van der Waals surface area contributed by atoms with E-state index < -0.39 is 12.0 Å². The lowest BCUT2D eigenvalue weighted by molar-refractivity contribution is -0.138. The van der Waals surface area contributed by atoms with Crippen LogP contribution in [-0.4, -0.2) is 33.9 Å². The van der Waals surface area contributed by atoms with Crippen LogP contribution in [0.4, 0.5) is 0 Å². The number of carbonyl (C=O) groups is 1. The molecule has 0 radical (unpaired) electrons. The highest BCUT2D eigenvalue weighted by atomic mass is 16.4. The number of hydrogen-bond acceptors (Lipinski definition) is 5. The van der Waals surface area contributed by atoms with Crippen LogP contribution in [0.5, 0.6) is 11.5 Å². The molecule has 23 heavy (non-hydrogen) atoms. The number of phenolic OH excluding ortho intramolecular Hbond substituents is 2. The number of rotatable bonds is 5. The molecular formula is C17H22N2O4. The third-order valence-electron chi connectivity index (χ3n) is 3.08. The van der Waals surface area contributed by atoms with Crippen molar-refractivity contribution in [3.63, 3.8) is 0 Å². The van der Waals surface area contributed by atoms with Gasteiger partial charge in [0.2, 0.25) is 0 Å². The first-order chi connectivity index (χ1) is 10.9. The summed E-state index contributed by atoms with van der Waals surface area (Å²) in [5.41, 5.74) is 12.6. The minimum Gasteiger partial charge on any atom is -0.508 e. The summed E-state index contributed by atoms with van der Waals surface area (Å²) in [6, 6.07) is 12.5. The minimum atomic E-state index is -1.02. The molecule has 7 N–H and O–H groups in total. The second kappa shape index (κ2) is 9.45. The first-order valence-corrected chi connectivity index (χ1v) is 7.16. The fourth-order valence-electron chi connectivity index (χ4n) is 1.80. The van der Waals surface area contributed by atoms with Crippen LogP contribution in [0.2, 0.25) is 0 Å². The highest BCUT2D eigenvalue weighted by Crippen LogP contribution is 2.11. The monoisotopic (exact) mass is 318 g/mol. The molecule has 0 saturated heterocycles. The molecule has 0 amide bonds. The van der Waals surface area contributed by atoms with E-state index in [9.17, 15) is 4.79 Å². The maximum Gasteiger partial charge on any atom is 0.320 e. The number of carboxylic acids is 1. The average Bonchev–Trinajstić information content (AvgIpc) is 2.52. The smallest absolute Gasteiger partial charge is 0.320 e. The molecule has 0 saturated carbocycles. The van der Waals surface area contributed by atoms with Crippen LogP contribution in [0.1, 0.15) is 11.1 Å². The number of aliphatic carboxylic acids is 1. The third-order valence-corrected chi connectivity index (χ3v) is 3.08. The Labute approximate surface area is 135 Å². The molecule has 0 spiro atoms. The number of nitrogens with two attached hydrogens (primary N) is 2. The van der Waals surface area contributed by atoms with Gasteiger partial charge in [0.15, 0.2) is 0 Å². The summed E-state index contributed by atoms with van der Waals surface area (Å²) in [7, 11) is 0. The Hall–Kier alpha value is -2.57. The van der Waals surface area contributed by atoms with Gasteiger partial charge in [0.05, 0.1) is 0 Å². The average molecular weight is 318 g/mol. The first-order valence-electron chi connectivity index (χ1n) is 7.16. The van der Waals surface area contributed by atoms with Crippen molar-refractivity contribution in [2.24, 2.45) is 11.5 Å². The van der Waals surface area contributed by atoms with E-state index in [0.717, 1.165) is 12.0 Å². The zero-order valence-corrected chi connectivity index (χ0v) is 12.7. The summed E-state index contributed by atoms with van der Waals surface area (Å²) < 4.78 is 0. The standard InChI is InChI=1S/C9H11NO3.C8H11NO/c10-8(9(12)13)5-6-1-3-7(11)4-2-6;9-6-5-7-1-3-8(10)4-2-7/h1-4,8,11H,5,10H2,(H,12,13);1-4,10H,5-6,9H2/t8-;/m0./s1. The Kier molecular flexibility index (Phi) is 7.59. The van der Waals surface area contributed by atoms with Gasteiger partial charge in [0, 0.05) is 0 Å². The summed E-state index contributed by atoms with van der Waals surface area (Å²) >= 11 is 0. The van der Waals surface area contributed by atoms with Gasteiger partial charge in [-0.05, 0) is 54.8 Å². The van der Waals surface area contributed by atoms with Gasteiger partial charge < -0.3 is 26.8 Å². The largest absolute Gasteiger partial charge is 0.508 e. The molecule has 0 aliphatic rings. The number of benzene rings is 2. The van der Waals surface area contributed by atoms with Crippen LogP contribution in [0.15, 0.2) is 48.5 Å². The summed E-state index contributed by atoms with van der Waals surface area (Å²) in [5.74, 6) is -0.554. The molecule has 0 aliphatic carbocycles. The molecule has 6 heteroatoms. The summed E-state index contributed by atoms with van der Waals surface area (Å²) in [6.07, 6.45) is 1.15. The minimum absolute atomic E-state index is 0.160. The number of carboxylic acid groups (broad SMARTS) is 1. The van der Waals surface area contributed by atoms with Crippen molar-refractivity contribution in [1.82, 2.24) is 0 Å². The Balaban J connectivity index is 0.000000238. The Bertz CT molecular complexity index is 597. The molecule has 0 aliphatic heterocycles. The van der Waals surface area contributed by atoms with Gasteiger partial charge in [-0.25, -0.2) is 0 Å². The number of phenols is 2. The topological polar surface area (TPSA) is 130 Å². The summed E-state index contributed by atoms with van der Waals surface area (Å²) in [6.45, 7) is 0.658. The zero-order chi connectivity index (χ0) is 17.2. The molecule has 2 rings (SSSR count). The van der Waals surface area contributed by atoms with Crippen molar-refractivity contribution in [3.05, 3.63) is 59.7 Å². The van der Waals surface area contributed by atoms with Crippen LogP contribution < -0.4 is 11.5 Å². The number of hydrogen-bond donors (Lipinski definition) is 5. The van der Waals surface area contributed by atoms with E-state index in [0.29, 0.717) is 12.3 Å². The molecule has 2 aromatic carbocycles. The molecule has 0 bridgehead atoms. The van der Waals surface area contributed by atoms with E-state index in [1.807, 2.05) is 12.1 Å². The van der Waals surface area contributed by atoms with Crippen molar-refractivity contribution in [2.75, 3.05) is 6.54 Å². The van der Waals surface area contributed by atoms with E-state index in [1.165, 1.54) is 17.7 Å². The van der Waals surface area contributed by atoms with Crippen molar-refractivity contribution in [3.8, 4) is 11.5 Å². The Morgan fingerprint density at radius 1 is 0.913 bits per heavy atom. The van der Waals surface area contributed by atoms with Crippen molar-refractivity contribution < 1.29 is 20.1 Å². The van der Waals surface area contributed by atoms with Crippen LogP contribution in [0.25, 0.3) is 0 Å². The summed E-state index contributed by atoms with van der Waals surface area (Å²) in [5, 5.41) is 26.4. The third kappa shape index (κ3) is 7.30. The van der Waals surface area contributed by atoms with E-state index in [1.54, 1.807) is 24.3 Å². The van der Waals surface area contributed by atoms with Crippen LogP contribution in [-0.2, 0) is 17.6 Å². The molecule has 0 heterocycles. The number of aromatic hydroxyl groups is 2. The SMILES string of the molecule is NCCc1ccc(O)cc1.N[C@@H](Cc1ccc(O)cc1)C(=O)O. The summed E-state index contributed by atoms with van der Waals surface area (Å²) in [4.78, 5) is 10.4. The van der Waals surface area contributed by atoms with Gasteiger partial charge in [0.1, 0.15) is 17.5 Å².